The van der Waals surface area contributed by atoms with Gasteiger partial charge in [-0.2, -0.15) is 5.26 Å². The van der Waals surface area contributed by atoms with Gasteiger partial charge in [0.05, 0.1) is 23.6 Å². The number of aromatic nitrogens is 2. The summed E-state index contributed by atoms with van der Waals surface area (Å²) in [6.07, 6.45) is 1.63. The molecule has 9 heteroatoms. The Balaban J connectivity index is 1.34. The molecule has 0 spiro atoms. The average molecular weight is 502 g/mol. The summed E-state index contributed by atoms with van der Waals surface area (Å²) in [4.78, 5) is 25.8. The van der Waals surface area contributed by atoms with Crippen molar-refractivity contribution < 1.29 is 14.3 Å². The summed E-state index contributed by atoms with van der Waals surface area (Å²) in [6.45, 7) is 6.41. The van der Waals surface area contributed by atoms with Crippen LogP contribution in [-0.2, 0) is 11.2 Å². The summed E-state index contributed by atoms with van der Waals surface area (Å²) >= 11 is 1.48. The Kier molecular flexibility index (Phi) is 6.46. The molecular formula is C27H27N5O3S. The summed E-state index contributed by atoms with van der Waals surface area (Å²) in [5.41, 5.74) is 4.59. The van der Waals surface area contributed by atoms with Gasteiger partial charge in [-0.05, 0) is 62.9 Å². The number of ketones is 1. The predicted octanol–water partition coefficient (Wildman–Crippen LogP) is 4.75. The molecule has 1 aromatic heterocycles. The van der Waals surface area contributed by atoms with Gasteiger partial charge in [-0.25, -0.2) is 4.79 Å². The number of fused-ring (bicyclic) bond motifs is 1. The standard InChI is InChI=1S/C27H27N5O3S/c1-15(2)35-24-10-7-17(11-18(24)12-28)25-30-31-26(36-25)22-6-4-5-21-20(22)8-9-23(21)29-27(34)32-13-19(14-32)16(3)33/h4-7,10-11,15,19,23H,8-9,13-14H2,1-3H3,(H,29,34)/t23-/m1/s1. The van der Waals surface area contributed by atoms with Crippen molar-refractivity contribution in [2.45, 2.75) is 45.8 Å². The van der Waals surface area contributed by atoms with Crippen LogP contribution in [0.5, 0.6) is 5.75 Å². The van der Waals surface area contributed by atoms with Crippen molar-refractivity contribution in [3.05, 3.63) is 53.1 Å². The highest BCUT2D eigenvalue weighted by atomic mass is 32.1. The van der Waals surface area contributed by atoms with Gasteiger partial charge >= 0.3 is 6.03 Å². The number of nitriles is 1. The number of nitrogens with zero attached hydrogens (tertiary/aromatic N) is 4. The SMILES string of the molecule is CC(=O)C1CN(C(=O)N[C@@H]2CCc3c(-c4nnc(-c5ccc(OC(C)C)c(C#N)c5)s4)cccc32)C1. The lowest BCUT2D eigenvalue weighted by Crippen LogP contribution is -2.56. The Labute approximate surface area is 213 Å². The molecule has 36 heavy (non-hydrogen) atoms. The van der Waals surface area contributed by atoms with Crippen molar-refractivity contribution in [1.82, 2.24) is 20.4 Å². The molecule has 1 saturated heterocycles. The zero-order valence-corrected chi connectivity index (χ0v) is 21.3. The minimum absolute atomic E-state index is 0.0202. The maximum Gasteiger partial charge on any atom is 0.317 e. The summed E-state index contributed by atoms with van der Waals surface area (Å²) in [6, 6.07) is 13.6. The molecule has 5 rings (SSSR count). The van der Waals surface area contributed by atoms with E-state index in [9.17, 15) is 14.9 Å². The highest BCUT2D eigenvalue weighted by Gasteiger charge is 2.35. The quantitative estimate of drug-likeness (QED) is 0.522. The number of carbonyl (C=O) groups is 2. The maximum absolute atomic E-state index is 12.7. The van der Waals surface area contributed by atoms with E-state index in [0.717, 1.165) is 39.5 Å². The molecular weight excluding hydrogens is 474 g/mol. The van der Waals surface area contributed by atoms with E-state index < -0.39 is 0 Å². The second-order valence-electron chi connectivity index (χ2n) is 9.53. The highest BCUT2D eigenvalue weighted by Crippen LogP contribution is 2.40. The van der Waals surface area contributed by atoms with Crippen molar-refractivity contribution in [3.8, 4) is 33.0 Å². The Bertz CT molecular complexity index is 1370. The van der Waals surface area contributed by atoms with Gasteiger partial charge in [0.2, 0.25) is 0 Å². The zero-order valence-electron chi connectivity index (χ0n) is 20.4. The lowest BCUT2D eigenvalue weighted by Gasteiger charge is -2.38. The molecule has 2 heterocycles. The number of hydrogen-bond donors (Lipinski definition) is 1. The minimum atomic E-state index is -0.118. The first-order valence-electron chi connectivity index (χ1n) is 12.1. The molecule has 1 aliphatic heterocycles. The van der Waals surface area contributed by atoms with Gasteiger partial charge in [-0.15, -0.1) is 10.2 Å². The number of nitrogens with one attached hydrogen (secondary N) is 1. The van der Waals surface area contributed by atoms with Gasteiger partial charge in [-0.1, -0.05) is 29.5 Å². The molecule has 2 amide bonds. The van der Waals surface area contributed by atoms with E-state index in [2.05, 4.69) is 27.6 Å². The molecule has 3 aromatic rings. The van der Waals surface area contributed by atoms with Crippen molar-refractivity contribution in [2.75, 3.05) is 13.1 Å². The van der Waals surface area contributed by atoms with Crippen LogP contribution in [0.2, 0.25) is 0 Å². The lowest BCUT2D eigenvalue weighted by atomic mass is 9.96. The first-order chi connectivity index (χ1) is 17.3. The smallest absolute Gasteiger partial charge is 0.317 e. The van der Waals surface area contributed by atoms with E-state index in [1.54, 1.807) is 24.0 Å². The normalized spacial score (nSPS) is 16.9. The third-order valence-electron chi connectivity index (χ3n) is 6.68. The Morgan fingerprint density at radius 2 is 1.97 bits per heavy atom. The summed E-state index contributed by atoms with van der Waals surface area (Å²) in [5, 5.41) is 23.1. The fourth-order valence-electron chi connectivity index (χ4n) is 4.70. The molecule has 1 aliphatic carbocycles. The molecule has 0 radical (unpaired) electrons. The van der Waals surface area contributed by atoms with Gasteiger partial charge in [-0.3, -0.25) is 4.79 Å². The van der Waals surface area contributed by atoms with Crippen LogP contribution in [0.1, 0.15) is 49.9 Å². The fraction of sp³-hybridized carbons (Fsp3) is 0.370. The highest BCUT2D eigenvalue weighted by molar-refractivity contribution is 7.17. The number of urea groups is 1. The van der Waals surface area contributed by atoms with Crippen molar-refractivity contribution in [1.29, 1.82) is 5.26 Å². The third-order valence-corrected chi connectivity index (χ3v) is 7.68. The van der Waals surface area contributed by atoms with Gasteiger partial charge in [0, 0.05) is 24.2 Å². The molecule has 0 bridgehead atoms. The van der Waals surface area contributed by atoms with Crippen LogP contribution in [-0.4, -0.2) is 46.1 Å². The Morgan fingerprint density at radius 1 is 1.19 bits per heavy atom. The Morgan fingerprint density at radius 3 is 2.69 bits per heavy atom. The number of carbonyl (C=O) groups excluding carboxylic acids is 2. The first-order valence-corrected chi connectivity index (χ1v) is 12.9. The largest absolute Gasteiger partial charge is 0.490 e. The number of likely N-dealkylation sites (tertiary alicyclic amines) is 1. The number of amides is 2. The third kappa shape index (κ3) is 4.56. The van der Waals surface area contributed by atoms with Crippen molar-refractivity contribution >= 4 is 23.2 Å². The van der Waals surface area contributed by atoms with Crippen LogP contribution in [0.3, 0.4) is 0 Å². The van der Waals surface area contributed by atoms with E-state index in [0.29, 0.717) is 24.4 Å². The van der Waals surface area contributed by atoms with Crippen LogP contribution in [0, 0.1) is 17.2 Å². The van der Waals surface area contributed by atoms with Gasteiger partial charge < -0.3 is 15.0 Å². The summed E-state index contributed by atoms with van der Waals surface area (Å²) in [5.74, 6) is 0.660. The number of rotatable bonds is 6. The van der Waals surface area contributed by atoms with Crippen LogP contribution >= 0.6 is 11.3 Å². The van der Waals surface area contributed by atoms with Gasteiger partial charge in [0.15, 0.2) is 0 Å². The fourth-order valence-corrected chi connectivity index (χ4v) is 5.59. The van der Waals surface area contributed by atoms with Crippen LogP contribution in [0.15, 0.2) is 36.4 Å². The number of hydrogen-bond acceptors (Lipinski definition) is 7. The number of ether oxygens (including phenoxy) is 1. The Hall–Kier alpha value is -3.77. The molecule has 8 nitrogen and oxygen atoms in total. The van der Waals surface area contributed by atoms with Crippen molar-refractivity contribution in [3.63, 3.8) is 0 Å². The van der Waals surface area contributed by atoms with Crippen molar-refractivity contribution in [2.24, 2.45) is 5.92 Å². The number of benzene rings is 2. The van der Waals surface area contributed by atoms with Gasteiger partial charge in [0.25, 0.3) is 0 Å². The number of Topliss-reactive ketones (excluding diaryl/α,β-unsaturated/α-hetero) is 1. The van der Waals surface area contributed by atoms with Crippen LogP contribution < -0.4 is 10.1 Å². The molecule has 1 N–H and O–H groups in total. The van der Waals surface area contributed by atoms with E-state index in [4.69, 9.17) is 4.74 Å². The molecule has 2 aromatic carbocycles. The van der Waals surface area contributed by atoms with E-state index in [1.165, 1.54) is 16.9 Å². The summed E-state index contributed by atoms with van der Waals surface area (Å²) < 4.78 is 5.73. The average Bonchev–Trinajstić information content (AvgIpc) is 3.45. The molecule has 0 saturated carbocycles. The first kappa shape index (κ1) is 23.9. The van der Waals surface area contributed by atoms with Crippen LogP contribution in [0.4, 0.5) is 4.79 Å². The topological polar surface area (TPSA) is 108 Å². The minimum Gasteiger partial charge on any atom is -0.490 e. The monoisotopic (exact) mass is 501 g/mol. The lowest BCUT2D eigenvalue weighted by molar-refractivity contribution is -0.124. The summed E-state index contributed by atoms with van der Waals surface area (Å²) in [7, 11) is 0. The predicted molar refractivity (Wildman–Crippen MR) is 137 cm³/mol. The second-order valence-corrected chi connectivity index (χ2v) is 10.5. The van der Waals surface area contributed by atoms with E-state index >= 15 is 0 Å². The second kappa shape index (κ2) is 9.70. The van der Waals surface area contributed by atoms with E-state index in [1.807, 2.05) is 32.0 Å². The zero-order chi connectivity index (χ0) is 25.4. The maximum atomic E-state index is 12.7. The van der Waals surface area contributed by atoms with Crippen LogP contribution in [0.25, 0.3) is 21.1 Å². The molecule has 1 fully saturated rings. The molecule has 2 aliphatic rings. The molecule has 0 unspecified atom stereocenters. The van der Waals surface area contributed by atoms with E-state index in [-0.39, 0.29) is 29.9 Å². The molecule has 184 valence electrons. The molecule has 1 atom stereocenters. The van der Waals surface area contributed by atoms with Gasteiger partial charge in [0.1, 0.15) is 27.6 Å².